The van der Waals surface area contributed by atoms with Crippen LogP contribution in [0.1, 0.15) is 36.0 Å². The molecule has 0 saturated carbocycles. The summed E-state index contributed by atoms with van der Waals surface area (Å²) in [6.45, 7) is 0. The van der Waals surface area contributed by atoms with Crippen LogP contribution >= 0.6 is 0 Å². The molecule has 1 aromatic rings. The average Bonchev–Trinajstić information content (AvgIpc) is 2.82. The molecule has 0 spiro atoms. The molecule has 0 bridgehead atoms. The molecule has 172 valence electrons. The summed E-state index contributed by atoms with van der Waals surface area (Å²) in [5.41, 5.74) is 2.38. The molecule has 9 nitrogen and oxygen atoms in total. The van der Waals surface area contributed by atoms with Crippen LogP contribution in [0.4, 0.5) is 5.69 Å². The zero-order chi connectivity index (χ0) is 23.7. The highest BCUT2D eigenvalue weighted by molar-refractivity contribution is 5.89. The Labute approximate surface area is 186 Å². The van der Waals surface area contributed by atoms with E-state index in [4.69, 9.17) is 18.9 Å². The van der Waals surface area contributed by atoms with E-state index in [1.54, 1.807) is 36.5 Å². The van der Waals surface area contributed by atoms with E-state index in [1.165, 1.54) is 28.4 Å². The molecule has 0 radical (unpaired) electrons. The van der Waals surface area contributed by atoms with Gasteiger partial charge in [0.05, 0.1) is 52.9 Å². The van der Waals surface area contributed by atoms with Gasteiger partial charge in [-0.15, -0.1) is 0 Å². The smallest absolute Gasteiger partial charge is 0.337 e. The number of carbonyl (C=O) groups excluding carboxylic acids is 4. The van der Waals surface area contributed by atoms with Crippen molar-refractivity contribution in [3.63, 3.8) is 0 Å². The van der Waals surface area contributed by atoms with E-state index >= 15 is 0 Å². The summed E-state index contributed by atoms with van der Waals surface area (Å²) in [6.07, 6.45) is 3.99. The van der Waals surface area contributed by atoms with Crippen molar-refractivity contribution in [3.8, 4) is 0 Å². The average molecular weight is 445 g/mol. The Bertz CT molecular complexity index is 916. The minimum Gasteiger partial charge on any atom is -0.469 e. The highest BCUT2D eigenvalue weighted by Crippen LogP contribution is 2.33. The third kappa shape index (κ3) is 6.44. The first kappa shape index (κ1) is 24.6. The summed E-state index contributed by atoms with van der Waals surface area (Å²) in [4.78, 5) is 49.4. The number of allylic oxidation sites excluding steroid dienone is 1. The standard InChI is InChI=1S/C23H27NO8/c1-29-20(25)10-9-19-17(13-22(27)31-3)11-15(12-21(26)30-2)14-24(19)18-7-5-16(6-8-18)23(28)32-4/h5-8,11,14,19H,9-10,12-13H2,1-4H3. The molecule has 0 saturated heterocycles. The first-order chi connectivity index (χ1) is 15.3. The second-order valence-electron chi connectivity index (χ2n) is 7.01. The lowest BCUT2D eigenvalue weighted by atomic mass is 9.91. The SMILES string of the molecule is COC(=O)CCC1C(CC(=O)OC)=CC(CC(=O)OC)=CN1c1ccc(C(=O)OC)cc1. The van der Waals surface area contributed by atoms with Gasteiger partial charge in [0.2, 0.25) is 0 Å². The molecule has 32 heavy (non-hydrogen) atoms. The highest BCUT2D eigenvalue weighted by atomic mass is 16.5. The Hall–Kier alpha value is -3.62. The Morgan fingerprint density at radius 1 is 0.812 bits per heavy atom. The number of benzene rings is 1. The largest absolute Gasteiger partial charge is 0.469 e. The van der Waals surface area contributed by atoms with Crippen molar-refractivity contribution in [3.05, 3.63) is 53.3 Å². The second-order valence-corrected chi connectivity index (χ2v) is 7.01. The van der Waals surface area contributed by atoms with Crippen LogP contribution in [0, 0.1) is 0 Å². The Kier molecular flexibility index (Phi) is 9.00. The zero-order valence-corrected chi connectivity index (χ0v) is 18.6. The fourth-order valence-electron chi connectivity index (χ4n) is 3.39. The Morgan fingerprint density at radius 3 is 1.97 bits per heavy atom. The van der Waals surface area contributed by atoms with Crippen molar-refractivity contribution in [2.75, 3.05) is 33.3 Å². The molecule has 1 aliphatic heterocycles. The molecular formula is C23H27NO8. The van der Waals surface area contributed by atoms with Crippen LogP contribution in [0.3, 0.4) is 0 Å². The number of hydrogen-bond acceptors (Lipinski definition) is 9. The number of methoxy groups -OCH3 is 4. The van der Waals surface area contributed by atoms with Crippen LogP contribution in [0.15, 0.2) is 47.7 Å². The van der Waals surface area contributed by atoms with Crippen molar-refractivity contribution in [2.45, 2.75) is 31.7 Å². The normalized spacial score (nSPS) is 15.2. The molecule has 1 heterocycles. The number of esters is 4. The van der Waals surface area contributed by atoms with Gasteiger partial charge in [-0.25, -0.2) is 4.79 Å². The Morgan fingerprint density at radius 2 is 1.41 bits per heavy atom. The third-order valence-corrected chi connectivity index (χ3v) is 5.03. The summed E-state index contributed by atoms with van der Waals surface area (Å²) in [7, 11) is 5.21. The van der Waals surface area contributed by atoms with Gasteiger partial charge in [-0.1, -0.05) is 6.08 Å². The summed E-state index contributed by atoms with van der Waals surface area (Å²) < 4.78 is 19.1. The monoisotopic (exact) mass is 445 g/mol. The van der Waals surface area contributed by atoms with E-state index in [0.29, 0.717) is 28.8 Å². The van der Waals surface area contributed by atoms with Crippen LogP contribution in [-0.2, 0) is 33.3 Å². The van der Waals surface area contributed by atoms with Crippen LogP contribution in [0.5, 0.6) is 0 Å². The molecule has 1 aromatic carbocycles. The molecule has 1 aliphatic rings. The molecule has 0 fully saturated rings. The Balaban J connectivity index is 2.47. The molecule has 2 rings (SSSR count). The predicted octanol–water partition coefficient (Wildman–Crippen LogP) is 2.55. The van der Waals surface area contributed by atoms with Gasteiger partial charge in [-0.05, 0) is 41.8 Å². The summed E-state index contributed by atoms with van der Waals surface area (Å²) >= 11 is 0. The summed E-state index contributed by atoms with van der Waals surface area (Å²) in [5.74, 6) is -1.73. The number of anilines is 1. The fraction of sp³-hybridized carbons (Fsp3) is 0.391. The topological polar surface area (TPSA) is 108 Å². The maximum Gasteiger partial charge on any atom is 0.337 e. The van der Waals surface area contributed by atoms with E-state index in [1.807, 2.05) is 4.90 Å². The van der Waals surface area contributed by atoms with Gasteiger partial charge in [0.1, 0.15) is 0 Å². The lowest BCUT2D eigenvalue weighted by molar-refractivity contribution is -0.141. The lowest BCUT2D eigenvalue weighted by Gasteiger charge is -2.36. The van der Waals surface area contributed by atoms with Crippen molar-refractivity contribution < 1.29 is 38.1 Å². The summed E-state index contributed by atoms with van der Waals surface area (Å²) in [5, 5.41) is 0. The molecule has 0 aromatic heterocycles. The number of nitrogens with zero attached hydrogens (tertiary/aromatic N) is 1. The zero-order valence-electron chi connectivity index (χ0n) is 18.6. The fourth-order valence-corrected chi connectivity index (χ4v) is 3.39. The van der Waals surface area contributed by atoms with Crippen LogP contribution in [0.25, 0.3) is 0 Å². The lowest BCUT2D eigenvalue weighted by Crippen LogP contribution is -2.37. The second kappa shape index (κ2) is 11.7. The van der Waals surface area contributed by atoms with Crippen LogP contribution < -0.4 is 4.90 Å². The molecule has 0 aliphatic carbocycles. The maximum atomic E-state index is 12.1. The van der Waals surface area contributed by atoms with Crippen LogP contribution in [0.2, 0.25) is 0 Å². The van der Waals surface area contributed by atoms with Crippen LogP contribution in [-0.4, -0.2) is 58.4 Å². The van der Waals surface area contributed by atoms with E-state index in [0.717, 1.165) is 0 Å². The van der Waals surface area contributed by atoms with Crippen molar-refractivity contribution >= 4 is 29.6 Å². The first-order valence-corrected chi connectivity index (χ1v) is 9.91. The van der Waals surface area contributed by atoms with Gasteiger partial charge in [-0.3, -0.25) is 14.4 Å². The summed E-state index contributed by atoms with van der Waals surface area (Å²) in [6, 6.07) is 6.31. The van der Waals surface area contributed by atoms with Gasteiger partial charge in [0.25, 0.3) is 0 Å². The molecule has 9 heteroatoms. The van der Waals surface area contributed by atoms with Crippen molar-refractivity contribution in [2.24, 2.45) is 0 Å². The first-order valence-electron chi connectivity index (χ1n) is 9.91. The third-order valence-electron chi connectivity index (χ3n) is 5.03. The minimum absolute atomic E-state index is 0.00163. The molecule has 1 atom stereocenters. The van der Waals surface area contributed by atoms with Gasteiger partial charge >= 0.3 is 23.9 Å². The highest BCUT2D eigenvalue weighted by Gasteiger charge is 2.29. The number of carbonyl (C=O) groups is 4. The van der Waals surface area contributed by atoms with Gasteiger partial charge in [0.15, 0.2) is 0 Å². The quantitative estimate of drug-likeness (QED) is 0.418. The van der Waals surface area contributed by atoms with Gasteiger partial charge in [0, 0.05) is 18.3 Å². The maximum absolute atomic E-state index is 12.1. The van der Waals surface area contributed by atoms with E-state index in [-0.39, 0.29) is 31.3 Å². The number of hydrogen-bond donors (Lipinski definition) is 0. The van der Waals surface area contributed by atoms with Crippen molar-refractivity contribution in [1.29, 1.82) is 0 Å². The minimum atomic E-state index is -0.467. The number of ether oxygens (including phenoxy) is 4. The van der Waals surface area contributed by atoms with E-state index in [2.05, 4.69) is 0 Å². The molecule has 1 unspecified atom stereocenters. The molecular weight excluding hydrogens is 418 g/mol. The molecule has 0 N–H and O–H groups in total. The van der Waals surface area contributed by atoms with Crippen molar-refractivity contribution in [1.82, 2.24) is 0 Å². The van der Waals surface area contributed by atoms with Gasteiger partial charge < -0.3 is 23.8 Å². The van der Waals surface area contributed by atoms with Gasteiger partial charge in [-0.2, -0.15) is 0 Å². The predicted molar refractivity (Wildman–Crippen MR) is 115 cm³/mol. The van der Waals surface area contributed by atoms with E-state index in [9.17, 15) is 19.2 Å². The van der Waals surface area contributed by atoms with E-state index < -0.39 is 17.9 Å². The molecule has 0 amide bonds. The number of rotatable bonds is 9.